The molecule has 0 aliphatic heterocycles. The Bertz CT molecular complexity index is 416. The van der Waals surface area contributed by atoms with E-state index in [1.54, 1.807) is 6.26 Å². The van der Waals surface area contributed by atoms with Gasteiger partial charge in [0.05, 0.1) is 12.8 Å². The fourth-order valence-electron chi connectivity index (χ4n) is 1.47. The molecule has 0 saturated heterocycles. The van der Waals surface area contributed by atoms with Crippen LogP contribution in [0.4, 0.5) is 13.2 Å². The zero-order valence-electron chi connectivity index (χ0n) is 9.04. The van der Waals surface area contributed by atoms with Gasteiger partial charge in [0.25, 0.3) is 0 Å². The largest absolute Gasteiger partial charge is 0.481 e. The third kappa shape index (κ3) is 4.68. The number of hydrogen-bond donors (Lipinski definition) is 1. The van der Waals surface area contributed by atoms with Crippen LogP contribution >= 0.6 is 11.8 Å². The molecule has 0 spiro atoms. The lowest BCUT2D eigenvalue weighted by atomic mass is 10.1. The first-order chi connectivity index (χ1) is 7.81. The van der Waals surface area contributed by atoms with Gasteiger partial charge in [-0.3, -0.25) is 4.79 Å². The summed E-state index contributed by atoms with van der Waals surface area (Å²) in [6.07, 6.45) is -3.82. The summed E-state index contributed by atoms with van der Waals surface area (Å²) in [5, 5.41) is 8.68. The van der Waals surface area contributed by atoms with Crippen LogP contribution in [0.2, 0.25) is 0 Å². The molecule has 0 saturated carbocycles. The quantitative estimate of drug-likeness (QED) is 0.849. The van der Waals surface area contributed by atoms with Gasteiger partial charge in [0.15, 0.2) is 0 Å². The van der Waals surface area contributed by atoms with E-state index in [0.29, 0.717) is 10.5 Å². The number of thioether (sulfide) groups is 1. The van der Waals surface area contributed by atoms with Gasteiger partial charge in [-0.2, -0.15) is 13.2 Å². The van der Waals surface area contributed by atoms with E-state index in [0.717, 1.165) is 0 Å². The first kappa shape index (κ1) is 13.9. The normalized spacial score (nSPS) is 11.5. The van der Waals surface area contributed by atoms with Crippen LogP contribution in [0.3, 0.4) is 0 Å². The third-order valence-corrected chi connectivity index (χ3v) is 2.93. The predicted molar refractivity (Wildman–Crippen MR) is 59.3 cm³/mol. The van der Waals surface area contributed by atoms with E-state index in [2.05, 4.69) is 0 Å². The van der Waals surface area contributed by atoms with Crippen LogP contribution in [0.15, 0.2) is 23.1 Å². The zero-order chi connectivity index (χ0) is 13.1. The highest BCUT2D eigenvalue weighted by molar-refractivity contribution is 7.98. The Morgan fingerprint density at radius 1 is 1.41 bits per heavy atom. The molecule has 1 aromatic carbocycles. The molecule has 94 valence electrons. The molecule has 2 nitrogen and oxygen atoms in total. The van der Waals surface area contributed by atoms with E-state index in [9.17, 15) is 18.0 Å². The molecule has 17 heavy (non-hydrogen) atoms. The Kier molecular flexibility index (Phi) is 4.45. The molecule has 0 aromatic heterocycles. The summed E-state index contributed by atoms with van der Waals surface area (Å²) in [5.74, 6) is -1.05. The Morgan fingerprint density at radius 3 is 2.53 bits per heavy atom. The van der Waals surface area contributed by atoms with Crippen molar-refractivity contribution in [2.45, 2.75) is 23.9 Å². The average Bonchev–Trinajstić information content (AvgIpc) is 2.14. The molecule has 1 N–H and O–H groups in total. The van der Waals surface area contributed by atoms with E-state index in [-0.39, 0.29) is 12.0 Å². The van der Waals surface area contributed by atoms with Gasteiger partial charge in [0, 0.05) is 4.90 Å². The third-order valence-electron chi connectivity index (χ3n) is 2.09. The number of benzene rings is 1. The number of aliphatic carboxylic acids is 1. The lowest BCUT2D eigenvalue weighted by Crippen LogP contribution is -2.12. The SMILES string of the molecule is CSc1ccc(CC(F)(F)F)cc1CC(=O)O. The van der Waals surface area contributed by atoms with E-state index in [4.69, 9.17) is 5.11 Å². The van der Waals surface area contributed by atoms with Crippen LogP contribution in [-0.2, 0) is 17.6 Å². The highest BCUT2D eigenvalue weighted by Crippen LogP contribution is 2.26. The van der Waals surface area contributed by atoms with Crippen molar-refractivity contribution in [3.63, 3.8) is 0 Å². The summed E-state index contributed by atoms with van der Waals surface area (Å²) < 4.78 is 36.6. The highest BCUT2D eigenvalue weighted by atomic mass is 32.2. The Morgan fingerprint density at radius 2 is 2.06 bits per heavy atom. The van der Waals surface area contributed by atoms with Crippen molar-refractivity contribution in [3.05, 3.63) is 29.3 Å². The molecule has 6 heteroatoms. The number of carbonyl (C=O) groups is 1. The molecular formula is C11H11F3O2S. The van der Waals surface area contributed by atoms with Gasteiger partial charge < -0.3 is 5.11 Å². The lowest BCUT2D eigenvalue weighted by molar-refractivity contribution is -0.136. The maximum absolute atomic E-state index is 12.2. The molecule has 0 atom stereocenters. The molecule has 0 aliphatic carbocycles. The van der Waals surface area contributed by atoms with Gasteiger partial charge in [0.1, 0.15) is 0 Å². The smallest absolute Gasteiger partial charge is 0.393 e. The van der Waals surface area contributed by atoms with E-state index < -0.39 is 18.6 Å². The number of alkyl halides is 3. The molecule has 0 fully saturated rings. The highest BCUT2D eigenvalue weighted by Gasteiger charge is 2.27. The molecule has 0 radical (unpaired) electrons. The minimum absolute atomic E-state index is 0.0894. The van der Waals surface area contributed by atoms with Gasteiger partial charge in [-0.25, -0.2) is 0 Å². The molecule has 0 heterocycles. The molecular weight excluding hydrogens is 253 g/mol. The average molecular weight is 264 g/mol. The van der Waals surface area contributed by atoms with Crippen LogP contribution in [0, 0.1) is 0 Å². The van der Waals surface area contributed by atoms with Crippen LogP contribution in [0.1, 0.15) is 11.1 Å². The second-order valence-corrected chi connectivity index (χ2v) is 4.36. The summed E-state index contributed by atoms with van der Waals surface area (Å²) in [6.45, 7) is 0. The topological polar surface area (TPSA) is 37.3 Å². The standard InChI is InChI=1S/C11H11F3O2S/c1-17-9-3-2-7(6-11(12,13)14)4-8(9)5-10(15)16/h2-4H,5-6H2,1H3,(H,15,16). The molecule has 1 rings (SSSR count). The Hall–Kier alpha value is -1.17. The van der Waals surface area contributed by atoms with E-state index >= 15 is 0 Å². The van der Waals surface area contributed by atoms with Gasteiger partial charge in [-0.15, -0.1) is 11.8 Å². The maximum atomic E-state index is 12.2. The van der Waals surface area contributed by atoms with Crippen LogP contribution < -0.4 is 0 Å². The number of rotatable bonds is 4. The lowest BCUT2D eigenvalue weighted by Gasteiger charge is -2.10. The van der Waals surface area contributed by atoms with Crippen molar-refractivity contribution in [3.8, 4) is 0 Å². The molecule has 1 aromatic rings. The van der Waals surface area contributed by atoms with Gasteiger partial charge >= 0.3 is 12.1 Å². The molecule has 0 aliphatic rings. The molecule has 0 amide bonds. The first-order valence-corrected chi connectivity index (χ1v) is 5.98. The van der Waals surface area contributed by atoms with E-state index in [1.807, 2.05) is 0 Å². The summed E-state index contributed by atoms with van der Waals surface area (Å²) in [6, 6.07) is 4.22. The van der Waals surface area contributed by atoms with Crippen molar-refractivity contribution in [2.24, 2.45) is 0 Å². The Balaban J connectivity index is 3.00. The van der Waals surface area contributed by atoms with Crippen LogP contribution in [-0.4, -0.2) is 23.5 Å². The number of carboxylic acids is 1. The van der Waals surface area contributed by atoms with Crippen LogP contribution in [0.25, 0.3) is 0 Å². The van der Waals surface area contributed by atoms with Crippen molar-refractivity contribution in [2.75, 3.05) is 6.26 Å². The Labute approximate surface area is 101 Å². The summed E-state index contributed by atoms with van der Waals surface area (Å²) in [4.78, 5) is 11.3. The molecule has 0 unspecified atom stereocenters. The number of hydrogen-bond acceptors (Lipinski definition) is 2. The second kappa shape index (κ2) is 5.44. The van der Waals surface area contributed by atoms with Gasteiger partial charge in [-0.1, -0.05) is 12.1 Å². The van der Waals surface area contributed by atoms with E-state index in [1.165, 1.54) is 30.0 Å². The summed E-state index contributed by atoms with van der Waals surface area (Å²) in [5.41, 5.74) is 0.512. The number of carboxylic acid groups (broad SMARTS) is 1. The number of halogens is 3. The first-order valence-electron chi connectivity index (χ1n) is 4.76. The predicted octanol–water partition coefficient (Wildman–Crippen LogP) is 3.14. The monoisotopic (exact) mass is 264 g/mol. The molecule has 0 bridgehead atoms. The fourth-order valence-corrected chi connectivity index (χ4v) is 2.07. The van der Waals surface area contributed by atoms with Gasteiger partial charge in [-0.05, 0) is 23.4 Å². The maximum Gasteiger partial charge on any atom is 0.393 e. The summed E-state index contributed by atoms with van der Waals surface area (Å²) >= 11 is 1.32. The van der Waals surface area contributed by atoms with Crippen molar-refractivity contribution >= 4 is 17.7 Å². The second-order valence-electron chi connectivity index (χ2n) is 3.51. The minimum Gasteiger partial charge on any atom is -0.481 e. The summed E-state index contributed by atoms with van der Waals surface area (Å²) in [7, 11) is 0. The van der Waals surface area contributed by atoms with Crippen molar-refractivity contribution in [1.82, 2.24) is 0 Å². The van der Waals surface area contributed by atoms with Gasteiger partial charge in [0.2, 0.25) is 0 Å². The van der Waals surface area contributed by atoms with Crippen molar-refractivity contribution in [1.29, 1.82) is 0 Å². The minimum atomic E-state index is -4.28. The fraction of sp³-hybridized carbons (Fsp3) is 0.364. The van der Waals surface area contributed by atoms with Crippen molar-refractivity contribution < 1.29 is 23.1 Å². The van der Waals surface area contributed by atoms with Crippen LogP contribution in [0.5, 0.6) is 0 Å². The zero-order valence-corrected chi connectivity index (χ0v) is 9.86.